The Morgan fingerprint density at radius 2 is 1.86 bits per heavy atom. The molecule has 3 heterocycles. The molecule has 1 aliphatic rings. The molecule has 2 aromatic carbocycles. The maximum absolute atomic E-state index is 11.7. The molecule has 178 valence electrons. The fraction of sp³-hybridized carbons (Fsp3) is 0.179. The number of aliphatic imine (C=N–C) groups is 1. The molecule has 0 saturated heterocycles. The number of fused-ring (bicyclic) bond motifs is 3. The molecule has 7 nitrogen and oxygen atoms in total. The van der Waals surface area contributed by atoms with Crippen molar-refractivity contribution in [3.8, 4) is 11.1 Å². The predicted octanol–water partition coefficient (Wildman–Crippen LogP) is 5.66. The number of carboxylic acids is 1. The molecule has 5 rings (SSSR count). The third-order valence-electron chi connectivity index (χ3n) is 6.28. The van der Waals surface area contributed by atoms with E-state index >= 15 is 0 Å². The van der Waals surface area contributed by atoms with E-state index in [9.17, 15) is 9.90 Å². The highest BCUT2D eigenvalue weighted by Crippen LogP contribution is 2.39. The SMILES string of the molecule is Cc1sc2c(c1C)C(c1ccc(C=Cc3cccc(C#N)c3)cc1)=N[C@@H](CC(=O)O)c1nnc(C)n1-2. The highest BCUT2D eigenvalue weighted by Gasteiger charge is 2.32. The second kappa shape index (κ2) is 9.36. The van der Waals surface area contributed by atoms with Gasteiger partial charge in [0.25, 0.3) is 0 Å². The Morgan fingerprint density at radius 1 is 1.11 bits per heavy atom. The fourth-order valence-corrected chi connectivity index (χ4v) is 5.56. The predicted molar refractivity (Wildman–Crippen MR) is 141 cm³/mol. The fourth-order valence-electron chi connectivity index (χ4n) is 4.35. The van der Waals surface area contributed by atoms with Gasteiger partial charge in [-0.25, -0.2) is 0 Å². The second-order valence-electron chi connectivity index (χ2n) is 8.69. The average molecular weight is 494 g/mol. The molecule has 0 fully saturated rings. The maximum Gasteiger partial charge on any atom is 0.306 e. The highest BCUT2D eigenvalue weighted by atomic mass is 32.1. The molecule has 0 bridgehead atoms. The molecular formula is C28H23N5O2S. The lowest BCUT2D eigenvalue weighted by atomic mass is 9.98. The van der Waals surface area contributed by atoms with Crippen LogP contribution < -0.4 is 0 Å². The number of nitriles is 1. The Bertz CT molecular complexity index is 1590. The number of aliphatic carboxylic acids is 1. The van der Waals surface area contributed by atoms with E-state index in [1.54, 1.807) is 17.4 Å². The van der Waals surface area contributed by atoms with Gasteiger partial charge in [0.2, 0.25) is 0 Å². The number of nitrogens with zero attached hydrogens (tertiary/aromatic N) is 5. The summed E-state index contributed by atoms with van der Waals surface area (Å²) in [5.74, 6) is 0.321. The van der Waals surface area contributed by atoms with Crippen LogP contribution in [0.2, 0.25) is 0 Å². The summed E-state index contributed by atoms with van der Waals surface area (Å²) >= 11 is 1.64. The van der Waals surface area contributed by atoms with Gasteiger partial charge in [0.05, 0.1) is 23.8 Å². The Hall–Kier alpha value is -4.35. The minimum absolute atomic E-state index is 0.169. The number of rotatable bonds is 5. The van der Waals surface area contributed by atoms with Gasteiger partial charge in [0.15, 0.2) is 5.82 Å². The Morgan fingerprint density at radius 3 is 2.58 bits per heavy atom. The summed E-state index contributed by atoms with van der Waals surface area (Å²) in [6.07, 6.45) is 3.80. The Balaban J connectivity index is 1.57. The first-order valence-electron chi connectivity index (χ1n) is 11.5. The summed E-state index contributed by atoms with van der Waals surface area (Å²) in [6.45, 7) is 6.03. The van der Waals surface area contributed by atoms with Gasteiger partial charge in [-0.1, -0.05) is 48.6 Å². The van der Waals surface area contributed by atoms with Gasteiger partial charge in [-0.05, 0) is 49.6 Å². The van der Waals surface area contributed by atoms with Crippen molar-refractivity contribution in [2.75, 3.05) is 0 Å². The Labute approximate surface area is 212 Å². The number of benzene rings is 2. The van der Waals surface area contributed by atoms with Gasteiger partial charge in [-0.15, -0.1) is 21.5 Å². The van der Waals surface area contributed by atoms with Gasteiger partial charge in [0, 0.05) is 16.0 Å². The Kier molecular flexibility index (Phi) is 6.08. The molecule has 1 atom stereocenters. The van der Waals surface area contributed by atoms with Crippen LogP contribution >= 0.6 is 11.3 Å². The minimum atomic E-state index is -0.936. The number of aromatic nitrogens is 3. The lowest BCUT2D eigenvalue weighted by molar-refractivity contribution is -0.137. The van der Waals surface area contributed by atoms with E-state index in [0.29, 0.717) is 17.2 Å². The van der Waals surface area contributed by atoms with Crippen LogP contribution in [0, 0.1) is 32.1 Å². The van der Waals surface area contributed by atoms with Crippen LogP contribution in [0.1, 0.15) is 62.4 Å². The molecular weight excluding hydrogens is 470 g/mol. The number of carbonyl (C=O) groups is 1. The average Bonchev–Trinajstić information content (AvgIpc) is 3.35. The summed E-state index contributed by atoms with van der Waals surface area (Å²) in [5.41, 5.74) is 6.36. The molecule has 0 spiro atoms. The van der Waals surface area contributed by atoms with E-state index in [4.69, 9.17) is 10.3 Å². The van der Waals surface area contributed by atoms with Gasteiger partial charge in [-0.2, -0.15) is 5.26 Å². The molecule has 4 aromatic rings. The van der Waals surface area contributed by atoms with E-state index in [2.05, 4.69) is 30.1 Å². The van der Waals surface area contributed by atoms with E-state index in [-0.39, 0.29) is 6.42 Å². The molecule has 1 aliphatic heterocycles. The first kappa shape index (κ1) is 23.4. The third kappa shape index (κ3) is 4.25. The summed E-state index contributed by atoms with van der Waals surface area (Å²) in [4.78, 5) is 17.8. The van der Waals surface area contributed by atoms with Crippen molar-refractivity contribution in [1.82, 2.24) is 14.8 Å². The summed E-state index contributed by atoms with van der Waals surface area (Å²) in [6, 6.07) is 17.0. The number of carboxylic acid groups (broad SMARTS) is 1. The summed E-state index contributed by atoms with van der Waals surface area (Å²) < 4.78 is 1.95. The van der Waals surface area contributed by atoms with Crippen molar-refractivity contribution in [2.45, 2.75) is 33.2 Å². The number of thiophene rings is 1. The van der Waals surface area contributed by atoms with Gasteiger partial charge in [-0.3, -0.25) is 14.4 Å². The molecule has 2 aromatic heterocycles. The highest BCUT2D eigenvalue weighted by molar-refractivity contribution is 7.15. The van der Waals surface area contributed by atoms with Crippen molar-refractivity contribution in [3.63, 3.8) is 0 Å². The summed E-state index contributed by atoms with van der Waals surface area (Å²) in [5, 5.41) is 28.2. The standard InChI is InChI=1S/C28H23N5O2S/c1-16-17(2)36-28-25(16)26(30-23(14-24(34)35)27-32-31-18(3)33(27)28)22-11-9-19(10-12-22)7-8-20-5-4-6-21(13-20)15-29/h4-13,23H,14H2,1-3H3,(H,34,35)/t23-/m0/s1. The van der Waals surface area contributed by atoms with E-state index in [1.165, 1.54) is 4.88 Å². The van der Waals surface area contributed by atoms with Crippen LogP contribution in [0.4, 0.5) is 0 Å². The van der Waals surface area contributed by atoms with E-state index in [0.717, 1.165) is 38.5 Å². The van der Waals surface area contributed by atoms with Crippen LogP contribution in [0.5, 0.6) is 0 Å². The number of hydrogen-bond donors (Lipinski definition) is 1. The van der Waals surface area contributed by atoms with E-state index in [1.807, 2.05) is 66.1 Å². The monoisotopic (exact) mass is 493 g/mol. The van der Waals surface area contributed by atoms with Crippen molar-refractivity contribution in [2.24, 2.45) is 4.99 Å². The second-order valence-corrected chi connectivity index (χ2v) is 9.89. The first-order valence-corrected chi connectivity index (χ1v) is 12.3. The van der Waals surface area contributed by atoms with Gasteiger partial charge >= 0.3 is 5.97 Å². The molecule has 0 radical (unpaired) electrons. The van der Waals surface area contributed by atoms with Crippen LogP contribution in [0.25, 0.3) is 17.2 Å². The zero-order valence-electron chi connectivity index (χ0n) is 20.1. The van der Waals surface area contributed by atoms with E-state index < -0.39 is 12.0 Å². The minimum Gasteiger partial charge on any atom is -0.481 e. The van der Waals surface area contributed by atoms with Crippen molar-refractivity contribution in [3.05, 3.63) is 98.4 Å². The van der Waals surface area contributed by atoms with Crippen LogP contribution in [-0.4, -0.2) is 31.6 Å². The lowest BCUT2D eigenvalue weighted by Gasteiger charge is -2.11. The maximum atomic E-state index is 11.7. The molecule has 8 heteroatoms. The topological polar surface area (TPSA) is 104 Å². The van der Waals surface area contributed by atoms with Gasteiger partial charge in [0.1, 0.15) is 16.9 Å². The van der Waals surface area contributed by atoms with Crippen LogP contribution in [0.15, 0.2) is 53.5 Å². The van der Waals surface area contributed by atoms with Gasteiger partial charge < -0.3 is 5.11 Å². The molecule has 0 unspecified atom stereocenters. The molecule has 1 N–H and O–H groups in total. The van der Waals surface area contributed by atoms with Crippen molar-refractivity contribution in [1.29, 1.82) is 5.26 Å². The normalized spacial score (nSPS) is 14.6. The van der Waals surface area contributed by atoms with Crippen molar-refractivity contribution >= 4 is 35.2 Å². The number of hydrogen-bond acceptors (Lipinski definition) is 6. The largest absolute Gasteiger partial charge is 0.481 e. The number of aryl methyl sites for hydroxylation is 2. The quantitative estimate of drug-likeness (QED) is 0.361. The first-order chi connectivity index (χ1) is 17.4. The van der Waals surface area contributed by atoms with Crippen LogP contribution in [0.3, 0.4) is 0 Å². The third-order valence-corrected chi connectivity index (χ3v) is 7.47. The zero-order chi connectivity index (χ0) is 25.4. The molecule has 36 heavy (non-hydrogen) atoms. The lowest BCUT2D eigenvalue weighted by Crippen LogP contribution is -2.10. The van der Waals surface area contributed by atoms with Crippen LogP contribution in [-0.2, 0) is 4.79 Å². The smallest absolute Gasteiger partial charge is 0.306 e. The molecule has 0 amide bonds. The zero-order valence-corrected chi connectivity index (χ0v) is 20.9. The molecule has 0 saturated carbocycles. The van der Waals surface area contributed by atoms with Crippen molar-refractivity contribution < 1.29 is 9.90 Å². The summed E-state index contributed by atoms with van der Waals surface area (Å²) in [7, 11) is 0. The molecule has 0 aliphatic carbocycles.